The van der Waals surface area contributed by atoms with Crippen LogP contribution >= 0.6 is 11.6 Å². The molecule has 0 radical (unpaired) electrons. The lowest BCUT2D eigenvalue weighted by Crippen LogP contribution is -2.34. The van der Waals surface area contributed by atoms with Crippen molar-refractivity contribution in [3.63, 3.8) is 0 Å². The molecule has 1 N–H and O–H groups in total. The van der Waals surface area contributed by atoms with Crippen LogP contribution in [0.25, 0.3) is 5.65 Å². The van der Waals surface area contributed by atoms with Crippen LogP contribution in [0, 0.1) is 5.41 Å². The lowest BCUT2D eigenvalue weighted by Gasteiger charge is -2.28. The first-order chi connectivity index (χ1) is 8.85. The summed E-state index contributed by atoms with van der Waals surface area (Å²) in [6, 6.07) is 3.66. The van der Waals surface area contributed by atoms with Crippen molar-refractivity contribution >= 4 is 23.2 Å². The Bertz CT molecular complexity index is 561. The first kappa shape index (κ1) is 14.1. The molecule has 0 aliphatic heterocycles. The maximum atomic E-state index is 5.92. The largest absolute Gasteiger partial charge is 0.352 e. The number of hydrogen-bond donors (Lipinski definition) is 1. The zero-order valence-electron chi connectivity index (χ0n) is 11.8. The molecular weight excluding hydrogens is 262 g/mol. The third-order valence-electron chi connectivity index (χ3n) is 2.76. The number of fused-ring (bicyclic) bond motifs is 1. The van der Waals surface area contributed by atoms with Crippen LogP contribution in [0.4, 0.5) is 5.95 Å². The molecule has 0 atom stereocenters. The van der Waals surface area contributed by atoms with Crippen molar-refractivity contribution in [3.8, 4) is 0 Å². The molecule has 2 heterocycles. The first-order valence-electron chi connectivity index (χ1n) is 6.26. The normalized spacial score (nSPS) is 12.3. The molecule has 0 unspecified atom stereocenters. The van der Waals surface area contributed by atoms with Crippen LogP contribution in [-0.2, 0) is 0 Å². The Hall–Kier alpha value is -1.33. The summed E-state index contributed by atoms with van der Waals surface area (Å²) in [6.07, 6.45) is 1.75. The summed E-state index contributed by atoms with van der Waals surface area (Å²) in [7, 11) is 4.15. The van der Waals surface area contributed by atoms with E-state index in [4.69, 9.17) is 11.6 Å². The van der Waals surface area contributed by atoms with E-state index in [2.05, 4.69) is 48.2 Å². The Morgan fingerprint density at radius 3 is 2.79 bits per heavy atom. The number of anilines is 1. The molecule has 0 fully saturated rings. The minimum absolute atomic E-state index is 0.151. The second-order valence-electron chi connectivity index (χ2n) is 5.84. The van der Waals surface area contributed by atoms with Gasteiger partial charge in [0.15, 0.2) is 5.65 Å². The number of pyridine rings is 1. The Balaban J connectivity index is 2.05. The van der Waals surface area contributed by atoms with E-state index in [1.165, 1.54) is 0 Å². The lowest BCUT2D eigenvalue weighted by molar-refractivity contribution is 0.254. The summed E-state index contributed by atoms with van der Waals surface area (Å²) in [5.41, 5.74) is 0.941. The summed E-state index contributed by atoms with van der Waals surface area (Å²) in [6.45, 7) is 6.24. The number of nitrogens with zero attached hydrogens (tertiary/aromatic N) is 4. The third kappa shape index (κ3) is 3.81. The fourth-order valence-electron chi connectivity index (χ4n) is 2.16. The van der Waals surface area contributed by atoms with E-state index in [9.17, 15) is 0 Å². The van der Waals surface area contributed by atoms with E-state index in [1.807, 2.05) is 12.1 Å². The molecule has 5 nitrogen and oxygen atoms in total. The molecule has 0 aliphatic carbocycles. The quantitative estimate of drug-likeness (QED) is 0.914. The summed E-state index contributed by atoms with van der Waals surface area (Å²) >= 11 is 5.92. The zero-order valence-corrected chi connectivity index (χ0v) is 12.6. The number of nitrogens with one attached hydrogen (secondary N) is 1. The fraction of sp³-hybridized carbons (Fsp3) is 0.538. The topological polar surface area (TPSA) is 45.5 Å². The van der Waals surface area contributed by atoms with Gasteiger partial charge in [0.2, 0.25) is 5.95 Å². The molecule has 2 aromatic heterocycles. The summed E-state index contributed by atoms with van der Waals surface area (Å²) in [5.74, 6) is 0.633. The van der Waals surface area contributed by atoms with Crippen molar-refractivity contribution in [3.05, 3.63) is 23.4 Å². The maximum Gasteiger partial charge on any atom is 0.243 e. The second kappa shape index (κ2) is 5.35. The van der Waals surface area contributed by atoms with Crippen LogP contribution in [0.2, 0.25) is 5.02 Å². The van der Waals surface area contributed by atoms with Gasteiger partial charge in [-0.2, -0.15) is 4.98 Å². The third-order valence-corrected chi connectivity index (χ3v) is 2.99. The lowest BCUT2D eigenvalue weighted by atomic mass is 9.93. The van der Waals surface area contributed by atoms with E-state index in [0.717, 1.165) is 18.7 Å². The molecule has 0 saturated carbocycles. The van der Waals surface area contributed by atoms with Crippen molar-refractivity contribution < 1.29 is 0 Å². The van der Waals surface area contributed by atoms with Crippen LogP contribution in [0.1, 0.15) is 13.8 Å². The van der Waals surface area contributed by atoms with Gasteiger partial charge in [0.25, 0.3) is 0 Å². The van der Waals surface area contributed by atoms with Gasteiger partial charge < -0.3 is 10.2 Å². The first-order valence-corrected chi connectivity index (χ1v) is 6.64. The number of rotatable bonds is 5. The van der Waals surface area contributed by atoms with Gasteiger partial charge in [0.1, 0.15) is 0 Å². The van der Waals surface area contributed by atoms with Gasteiger partial charge in [0, 0.05) is 19.3 Å². The minimum atomic E-state index is 0.151. The number of hydrogen-bond acceptors (Lipinski definition) is 4. The Labute approximate surface area is 118 Å². The van der Waals surface area contributed by atoms with Crippen LogP contribution in [0.3, 0.4) is 0 Å². The van der Waals surface area contributed by atoms with Crippen LogP contribution in [-0.4, -0.2) is 46.7 Å². The molecular formula is C13H20ClN5. The predicted octanol–water partition coefficient (Wildman–Crippen LogP) is 2.38. The van der Waals surface area contributed by atoms with Gasteiger partial charge in [-0.15, -0.1) is 5.10 Å². The molecule has 0 bridgehead atoms. The van der Waals surface area contributed by atoms with Crippen molar-refractivity contribution in [2.75, 3.05) is 32.5 Å². The summed E-state index contributed by atoms with van der Waals surface area (Å²) < 4.78 is 1.68. The van der Waals surface area contributed by atoms with Gasteiger partial charge in [0.05, 0.1) is 5.02 Å². The monoisotopic (exact) mass is 281 g/mol. The van der Waals surface area contributed by atoms with Gasteiger partial charge in [-0.3, -0.25) is 0 Å². The molecule has 0 aromatic carbocycles. The van der Waals surface area contributed by atoms with Crippen LogP contribution in [0.5, 0.6) is 0 Å². The maximum absolute atomic E-state index is 5.92. The van der Waals surface area contributed by atoms with E-state index >= 15 is 0 Å². The SMILES string of the molecule is CN(C)CC(C)(C)CNc1nc2ccc(Cl)cn2n1. The van der Waals surface area contributed by atoms with Crippen molar-refractivity contribution in [2.45, 2.75) is 13.8 Å². The Morgan fingerprint density at radius 1 is 1.37 bits per heavy atom. The molecule has 0 spiro atoms. The zero-order chi connectivity index (χ0) is 14.0. The smallest absolute Gasteiger partial charge is 0.243 e. The van der Waals surface area contributed by atoms with Gasteiger partial charge in [-0.25, -0.2) is 4.52 Å². The molecule has 6 heteroatoms. The van der Waals surface area contributed by atoms with E-state index in [0.29, 0.717) is 11.0 Å². The van der Waals surface area contributed by atoms with Crippen molar-refractivity contribution in [1.82, 2.24) is 19.5 Å². The number of aromatic nitrogens is 3. The summed E-state index contributed by atoms with van der Waals surface area (Å²) in [4.78, 5) is 6.58. The number of halogens is 1. The second-order valence-corrected chi connectivity index (χ2v) is 6.28. The van der Waals surface area contributed by atoms with Gasteiger partial charge in [-0.05, 0) is 31.6 Å². The Morgan fingerprint density at radius 2 is 2.11 bits per heavy atom. The molecule has 0 aliphatic rings. The van der Waals surface area contributed by atoms with Crippen LogP contribution < -0.4 is 5.32 Å². The highest BCUT2D eigenvalue weighted by Crippen LogP contribution is 2.17. The van der Waals surface area contributed by atoms with Crippen molar-refractivity contribution in [2.24, 2.45) is 5.41 Å². The van der Waals surface area contributed by atoms with E-state index < -0.39 is 0 Å². The predicted molar refractivity (Wildman–Crippen MR) is 78.8 cm³/mol. The molecule has 2 aromatic rings. The average molecular weight is 282 g/mol. The van der Waals surface area contributed by atoms with Crippen molar-refractivity contribution in [1.29, 1.82) is 0 Å². The van der Waals surface area contributed by atoms with Crippen LogP contribution in [0.15, 0.2) is 18.3 Å². The average Bonchev–Trinajstić information content (AvgIpc) is 2.66. The standard InChI is InChI=1S/C13H20ClN5/c1-13(2,9-18(3)4)8-15-12-16-11-6-5-10(14)7-19(11)17-12/h5-7H,8-9H2,1-4H3,(H,15,17). The highest BCUT2D eigenvalue weighted by Gasteiger charge is 2.19. The molecule has 19 heavy (non-hydrogen) atoms. The molecule has 0 saturated heterocycles. The summed E-state index contributed by atoms with van der Waals surface area (Å²) in [5, 5.41) is 8.29. The van der Waals surface area contributed by atoms with E-state index in [-0.39, 0.29) is 5.41 Å². The van der Waals surface area contributed by atoms with Gasteiger partial charge >= 0.3 is 0 Å². The van der Waals surface area contributed by atoms with E-state index in [1.54, 1.807) is 10.7 Å². The Kier molecular flexibility index (Phi) is 3.96. The highest BCUT2D eigenvalue weighted by molar-refractivity contribution is 6.30. The van der Waals surface area contributed by atoms with Gasteiger partial charge in [-0.1, -0.05) is 25.4 Å². The molecule has 2 rings (SSSR count). The fourth-order valence-corrected chi connectivity index (χ4v) is 2.32. The molecule has 104 valence electrons. The highest BCUT2D eigenvalue weighted by atomic mass is 35.5. The minimum Gasteiger partial charge on any atom is -0.352 e. The molecule has 0 amide bonds.